The van der Waals surface area contributed by atoms with Gasteiger partial charge in [-0.2, -0.15) is 0 Å². The molecule has 4 rings (SSSR count). The average Bonchev–Trinajstić information content (AvgIpc) is 3.03. The number of imide groups is 1. The van der Waals surface area contributed by atoms with Gasteiger partial charge < -0.3 is 14.4 Å². The number of hydrogen-bond donors (Lipinski definition) is 0. The van der Waals surface area contributed by atoms with Crippen LogP contribution in [0, 0.1) is 18.8 Å². The first-order valence-corrected chi connectivity index (χ1v) is 11.0. The topological polar surface area (TPSA) is 59.1 Å². The molecule has 0 saturated carbocycles. The number of carbonyl (C=O) groups is 2. The van der Waals surface area contributed by atoms with Crippen molar-refractivity contribution in [2.24, 2.45) is 11.8 Å². The number of amides is 2. The van der Waals surface area contributed by atoms with Crippen LogP contribution in [0.4, 0.5) is 5.69 Å². The van der Waals surface area contributed by atoms with Gasteiger partial charge >= 0.3 is 0 Å². The van der Waals surface area contributed by atoms with E-state index in [1.54, 1.807) is 25.3 Å². The zero-order valence-electron chi connectivity index (χ0n) is 19.3. The van der Waals surface area contributed by atoms with Gasteiger partial charge in [-0.05, 0) is 42.9 Å². The number of likely N-dealkylation sites (tertiary alicyclic amines) is 1. The van der Waals surface area contributed by atoms with Gasteiger partial charge in [0.2, 0.25) is 0 Å². The number of methoxy groups -OCH3 is 2. The van der Waals surface area contributed by atoms with Crippen molar-refractivity contribution in [1.29, 1.82) is 0 Å². The summed E-state index contributed by atoms with van der Waals surface area (Å²) < 4.78 is 10.7. The summed E-state index contributed by atoms with van der Waals surface area (Å²) in [5, 5.41) is 0. The predicted molar refractivity (Wildman–Crippen MR) is 125 cm³/mol. The van der Waals surface area contributed by atoms with Crippen molar-refractivity contribution >= 4 is 23.1 Å². The fourth-order valence-electron chi connectivity index (χ4n) is 4.84. The van der Waals surface area contributed by atoms with Crippen LogP contribution < -0.4 is 14.4 Å². The summed E-state index contributed by atoms with van der Waals surface area (Å²) >= 11 is 0. The fourth-order valence-corrected chi connectivity index (χ4v) is 4.84. The average molecular weight is 435 g/mol. The standard InChI is InChI=1S/C26H30N2O4/c1-16-6-8-19(9-7-16)23-24(27-14-17(2)12-18(3)15-27)26(30)28(25(23)29)20-10-11-21(31-4)22(13-20)32-5/h6-11,13,17-18H,12,14-15H2,1-5H3. The van der Waals surface area contributed by atoms with E-state index in [0.29, 0.717) is 40.3 Å². The van der Waals surface area contributed by atoms with Crippen molar-refractivity contribution in [2.45, 2.75) is 27.2 Å². The Hall–Kier alpha value is -3.28. The van der Waals surface area contributed by atoms with Crippen LogP contribution in [-0.4, -0.2) is 44.0 Å². The first kappa shape index (κ1) is 21.9. The molecule has 1 saturated heterocycles. The minimum Gasteiger partial charge on any atom is -0.493 e. The number of piperidine rings is 1. The van der Waals surface area contributed by atoms with E-state index in [0.717, 1.165) is 30.6 Å². The van der Waals surface area contributed by atoms with Crippen LogP contribution in [0.15, 0.2) is 48.2 Å². The number of rotatable bonds is 5. The lowest BCUT2D eigenvalue weighted by molar-refractivity contribution is -0.120. The van der Waals surface area contributed by atoms with E-state index in [1.165, 1.54) is 12.0 Å². The molecule has 32 heavy (non-hydrogen) atoms. The number of hydrogen-bond acceptors (Lipinski definition) is 5. The Bertz CT molecular complexity index is 1060. The molecule has 0 aliphatic carbocycles. The number of aryl methyl sites for hydroxylation is 1. The molecule has 0 radical (unpaired) electrons. The van der Waals surface area contributed by atoms with E-state index >= 15 is 0 Å². The Kier molecular flexibility index (Phi) is 5.96. The van der Waals surface area contributed by atoms with Crippen LogP contribution in [0.25, 0.3) is 5.57 Å². The molecule has 0 N–H and O–H groups in total. The van der Waals surface area contributed by atoms with E-state index < -0.39 is 0 Å². The molecule has 2 aliphatic rings. The summed E-state index contributed by atoms with van der Waals surface area (Å²) in [4.78, 5) is 30.9. The normalized spacial score (nSPS) is 21.4. The van der Waals surface area contributed by atoms with Gasteiger partial charge in [0, 0.05) is 19.2 Å². The van der Waals surface area contributed by atoms with Gasteiger partial charge in [0.25, 0.3) is 11.8 Å². The molecule has 2 aliphatic heterocycles. The third-order valence-corrected chi connectivity index (χ3v) is 6.21. The number of benzene rings is 2. The lowest BCUT2D eigenvalue weighted by atomic mass is 9.91. The Balaban J connectivity index is 1.82. The summed E-state index contributed by atoms with van der Waals surface area (Å²) in [5.41, 5.74) is 3.29. The lowest BCUT2D eigenvalue weighted by Crippen LogP contribution is -2.42. The molecule has 2 amide bonds. The third kappa shape index (κ3) is 3.85. The van der Waals surface area contributed by atoms with Crippen molar-refractivity contribution in [3.63, 3.8) is 0 Å². The summed E-state index contributed by atoms with van der Waals surface area (Å²) in [6.45, 7) is 7.91. The molecule has 2 aromatic carbocycles. The van der Waals surface area contributed by atoms with Gasteiger partial charge in [-0.3, -0.25) is 9.59 Å². The van der Waals surface area contributed by atoms with Crippen molar-refractivity contribution < 1.29 is 19.1 Å². The summed E-state index contributed by atoms with van der Waals surface area (Å²) in [7, 11) is 3.09. The Labute approximate surface area is 189 Å². The molecule has 0 spiro atoms. The van der Waals surface area contributed by atoms with Gasteiger partial charge in [-0.25, -0.2) is 4.90 Å². The van der Waals surface area contributed by atoms with E-state index in [1.807, 2.05) is 31.2 Å². The van der Waals surface area contributed by atoms with Crippen molar-refractivity contribution in [3.05, 3.63) is 59.3 Å². The largest absolute Gasteiger partial charge is 0.493 e. The highest BCUT2D eigenvalue weighted by molar-refractivity contribution is 6.45. The van der Waals surface area contributed by atoms with E-state index in [2.05, 4.69) is 18.7 Å². The monoisotopic (exact) mass is 434 g/mol. The van der Waals surface area contributed by atoms with Crippen LogP contribution in [0.5, 0.6) is 11.5 Å². The highest BCUT2D eigenvalue weighted by Gasteiger charge is 2.43. The molecular weight excluding hydrogens is 404 g/mol. The lowest BCUT2D eigenvalue weighted by Gasteiger charge is -2.37. The van der Waals surface area contributed by atoms with Gasteiger partial charge in [-0.15, -0.1) is 0 Å². The second kappa shape index (κ2) is 8.69. The Morgan fingerprint density at radius 2 is 1.47 bits per heavy atom. The minimum atomic E-state index is -0.313. The first-order chi connectivity index (χ1) is 15.3. The summed E-state index contributed by atoms with van der Waals surface area (Å²) in [6, 6.07) is 12.9. The minimum absolute atomic E-state index is 0.293. The molecule has 2 heterocycles. The van der Waals surface area contributed by atoms with Gasteiger partial charge in [0.1, 0.15) is 5.70 Å². The zero-order valence-corrected chi connectivity index (χ0v) is 19.3. The Morgan fingerprint density at radius 3 is 2.06 bits per heavy atom. The smallest absolute Gasteiger partial charge is 0.282 e. The molecule has 1 fully saturated rings. The summed E-state index contributed by atoms with van der Waals surface area (Å²) in [6.07, 6.45) is 1.12. The van der Waals surface area contributed by atoms with Crippen LogP contribution in [0.1, 0.15) is 31.4 Å². The predicted octanol–water partition coefficient (Wildman–Crippen LogP) is 4.27. The molecule has 6 heteroatoms. The van der Waals surface area contributed by atoms with Crippen LogP contribution >= 0.6 is 0 Å². The van der Waals surface area contributed by atoms with E-state index in [9.17, 15) is 9.59 Å². The SMILES string of the molecule is COc1ccc(N2C(=O)C(c3ccc(C)cc3)=C(N3CC(C)CC(C)C3)C2=O)cc1OC. The molecule has 2 aromatic rings. The maximum atomic E-state index is 13.8. The molecule has 6 nitrogen and oxygen atoms in total. The molecule has 2 unspecified atom stereocenters. The molecule has 0 bridgehead atoms. The number of carbonyl (C=O) groups excluding carboxylic acids is 2. The van der Waals surface area contributed by atoms with Crippen LogP contribution in [0.3, 0.4) is 0 Å². The van der Waals surface area contributed by atoms with E-state index in [-0.39, 0.29) is 11.8 Å². The highest BCUT2D eigenvalue weighted by Crippen LogP contribution is 2.39. The fraction of sp³-hybridized carbons (Fsp3) is 0.385. The number of nitrogens with zero attached hydrogens (tertiary/aromatic N) is 2. The van der Waals surface area contributed by atoms with Crippen LogP contribution in [0.2, 0.25) is 0 Å². The maximum Gasteiger partial charge on any atom is 0.282 e. The second-order valence-electron chi connectivity index (χ2n) is 8.93. The van der Waals surface area contributed by atoms with Crippen molar-refractivity contribution in [1.82, 2.24) is 4.90 Å². The molecule has 0 aromatic heterocycles. The summed E-state index contributed by atoms with van der Waals surface area (Å²) in [5.74, 6) is 1.30. The first-order valence-electron chi connectivity index (χ1n) is 11.0. The highest BCUT2D eigenvalue weighted by atomic mass is 16.5. The Morgan fingerprint density at radius 1 is 0.844 bits per heavy atom. The molecular formula is C26H30N2O4. The molecule has 168 valence electrons. The van der Waals surface area contributed by atoms with Gasteiger partial charge in [0.05, 0.1) is 25.5 Å². The third-order valence-electron chi connectivity index (χ3n) is 6.21. The van der Waals surface area contributed by atoms with E-state index in [4.69, 9.17) is 9.47 Å². The number of anilines is 1. The second-order valence-corrected chi connectivity index (χ2v) is 8.93. The number of ether oxygens (including phenoxy) is 2. The van der Waals surface area contributed by atoms with Crippen LogP contribution in [-0.2, 0) is 9.59 Å². The maximum absolute atomic E-state index is 13.8. The van der Waals surface area contributed by atoms with Gasteiger partial charge in [-0.1, -0.05) is 43.7 Å². The van der Waals surface area contributed by atoms with Crippen molar-refractivity contribution in [3.8, 4) is 11.5 Å². The molecule has 2 atom stereocenters. The quantitative estimate of drug-likeness (QED) is 0.658. The van der Waals surface area contributed by atoms with Gasteiger partial charge in [0.15, 0.2) is 11.5 Å². The zero-order chi connectivity index (χ0) is 23.0. The van der Waals surface area contributed by atoms with Crippen molar-refractivity contribution in [2.75, 3.05) is 32.2 Å².